The molecule has 0 bridgehead atoms. The van der Waals surface area contributed by atoms with E-state index >= 15 is 0 Å². The molecule has 0 saturated carbocycles. The van der Waals surface area contributed by atoms with Gasteiger partial charge in [-0.1, -0.05) is 6.92 Å². The normalized spacial score (nSPS) is 12.0. The lowest BCUT2D eigenvalue weighted by Gasteiger charge is -2.28. The first-order valence-electron chi connectivity index (χ1n) is 3.71. The maximum absolute atomic E-state index is 8.09. The number of likely N-dealkylation sites (N-methyl/N-ethyl adjacent to an activating group) is 1. The molecular weight excluding hydrogens is 130 g/mol. The van der Waals surface area contributed by atoms with E-state index in [2.05, 4.69) is 25.9 Å². The van der Waals surface area contributed by atoms with Gasteiger partial charge in [0.15, 0.2) is 0 Å². The van der Waals surface area contributed by atoms with Crippen LogP contribution in [0.3, 0.4) is 0 Å². The van der Waals surface area contributed by atoms with Crippen molar-refractivity contribution >= 4 is 0 Å². The van der Waals surface area contributed by atoms with Crippen LogP contribution in [0.15, 0.2) is 0 Å². The Morgan fingerprint density at radius 3 is 2.30 bits per heavy atom. The summed E-state index contributed by atoms with van der Waals surface area (Å²) < 4.78 is 0.914. The van der Waals surface area contributed by atoms with Crippen molar-refractivity contribution in [2.45, 2.75) is 13.3 Å². The summed E-state index contributed by atoms with van der Waals surface area (Å²) in [6.45, 7) is 4.57. The fourth-order valence-corrected chi connectivity index (χ4v) is 1.01. The molecule has 0 radical (unpaired) electrons. The minimum atomic E-state index is 0.424. The highest BCUT2D eigenvalue weighted by atomic mass is 17.1. The molecule has 0 heterocycles. The third-order valence-electron chi connectivity index (χ3n) is 1.62. The molecule has 1 N–H and O–H groups in total. The van der Waals surface area contributed by atoms with Crippen LogP contribution in [-0.2, 0) is 4.89 Å². The molecule has 3 nitrogen and oxygen atoms in total. The van der Waals surface area contributed by atoms with Crippen LogP contribution in [0.2, 0.25) is 0 Å². The zero-order valence-corrected chi connectivity index (χ0v) is 7.13. The molecule has 0 aliphatic carbocycles. The van der Waals surface area contributed by atoms with E-state index in [1.54, 1.807) is 0 Å². The average molecular weight is 148 g/mol. The monoisotopic (exact) mass is 148 g/mol. The number of nitrogens with zero attached hydrogens (tertiary/aromatic N) is 1. The second-order valence-corrected chi connectivity index (χ2v) is 3.22. The summed E-state index contributed by atoms with van der Waals surface area (Å²) in [5.41, 5.74) is 0. The Morgan fingerprint density at radius 2 is 1.90 bits per heavy atom. The lowest BCUT2D eigenvalue weighted by molar-refractivity contribution is -0.891. The van der Waals surface area contributed by atoms with E-state index < -0.39 is 0 Å². The second kappa shape index (κ2) is 4.66. The van der Waals surface area contributed by atoms with Gasteiger partial charge in [0.05, 0.1) is 20.6 Å². The van der Waals surface area contributed by atoms with Gasteiger partial charge in [0.25, 0.3) is 0 Å². The molecule has 0 aromatic rings. The summed E-state index contributed by atoms with van der Waals surface area (Å²) in [6, 6.07) is 0. The van der Waals surface area contributed by atoms with Crippen LogP contribution in [0.1, 0.15) is 13.3 Å². The van der Waals surface area contributed by atoms with Crippen LogP contribution in [0.5, 0.6) is 0 Å². The first kappa shape index (κ1) is 9.88. The largest absolute Gasteiger partial charge is 0.326 e. The maximum atomic E-state index is 8.09. The summed E-state index contributed by atoms with van der Waals surface area (Å²) >= 11 is 0. The molecule has 0 amide bonds. The predicted octanol–water partition coefficient (Wildman–Crippen LogP) is 0.962. The Kier molecular flexibility index (Phi) is 4.60. The lowest BCUT2D eigenvalue weighted by Crippen LogP contribution is -2.42. The number of hydrogen-bond donors (Lipinski definition) is 1. The molecule has 0 rings (SSSR count). The summed E-state index contributed by atoms with van der Waals surface area (Å²) in [6.07, 6.45) is 1.17. The van der Waals surface area contributed by atoms with Gasteiger partial charge < -0.3 is 4.48 Å². The number of rotatable bonds is 5. The van der Waals surface area contributed by atoms with Gasteiger partial charge in [-0.25, -0.2) is 4.89 Å². The zero-order chi connectivity index (χ0) is 8.04. The average Bonchev–Trinajstić information content (AvgIpc) is 1.84. The topological polar surface area (TPSA) is 29.5 Å². The summed E-state index contributed by atoms with van der Waals surface area (Å²) in [7, 11) is 4.26. The fraction of sp³-hybridized carbons (Fsp3) is 1.00. The quantitative estimate of drug-likeness (QED) is 0.357. The van der Waals surface area contributed by atoms with E-state index in [0.717, 1.165) is 17.6 Å². The molecular formula is C7H18NO2+. The summed E-state index contributed by atoms with van der Waals surface area (Å²) in [4.78, 5) is 4.01. The van der Waals surface area contributed by atoms with Crippen molar-refractivity contribution in [1.29, 1.82) is 0 Å². The molecule has 0 atom stereocenters. The smallest absolute Gasteiger partial charge is 0.131 e. The van der Waals surface area contributed by atoms with Gasteiger partial charge in [0.2, 0.25) is 0 Å². The van der Waals surface area contributed by atoms with Gasteiger partial charge in [-0.05, 0) is 6.42 Å². The van der Waals surface area contributed by atoms with E-state index in [1.165, 1.54) is 6.42 Å². The van der Waals surface area contributed by atoms with Crippen molar-refractivity contribution in [3.63, 3.8) is 0 Å². The van der Waals surface area contributed by atoms with Gasteiger partial charge in [0.1, 0.15) is 13.2 Å². The Morgan fingerprint density at radius 1 is 1.30 bits per heavy atom. The molecule has 0 aromatic heterocycles. The van der Waals surface area contributed by atoms with Gasteiger partial charge in [-0.2, -0.15) is 0 Å². The Hall–Kier alpha value is -0.120. The summed E-state index contributed by atoms with van der Waals surface area (Å²) in [5.74, 6) is 0. The fourth-order valence-electron chi connectivity index (χ4n) is 1.01. The van der Waals surface area contributed by atoms with E-state index in [4.69, 9.17) is 5.26 Å². The molecule has 0 fully saturated rings. The lowest BCUT2D eigenvalue weighted by atomic mass is 10.4. The first-order chi connectivity index (χ1) is 4.62. The van der Waals surface area contributed by atoms with Crippen LogP contribution >= 0.6 is 0 Å². The Labute approximate surface area is 62.7 Å². The second-order valence-electron chi connectivity index (χ2n) is 3.22. The van der Waals surface area contributed by atoms with E-state index in [1.807, 2.05) is 0 Å². The van der Waals surface area contributed by atoms with Crippen molar-refractivity contribution in [2.24, 2.45) is 0 Å². The first-order valence-corrected chi connectivity index (χ1v) is 3.71. The molecule has 0 aromatic carbocycles. The van der Waals surface area contributed by atoms with Crippen LogP contribution < -0.4 is 0 Å². The maximum Gasteiger partial charge on any atom is 0.131 e. The van der Waals surface area contributed by atoms with Crippen LogP contribution in [0, 0.1) is 0 Å². The van der Waals surface area contributed by atoms with Gasteiger partial charge in [-0.3, -0.25) is 5.26 Å². The predicted molar refractivity (Wildman–Crippen MR) is 40.7 cm³/mol. The van der Waals surface area contributed by atoms with Crippen molar-refractivity contribution in [3.05, 3.63) is 0 Å². The third kappa shape index (κ3) is 4.73. The van der Waals surface area contributed by atoms with Crippen LogP contribution in [0.25, 0.3) is 0 Å². The molecule has 0 saturated heterocycles. The molecule has 0 aliphatic rings. The van der Waals surface area contributed by atoms with Crippen LogP contribution in [-0.4, -0.2) is 43.5 Å². The highest BCUT2D eigenvalue weighted by molar-refractivity contribution is 4.30. The molecule has 3 heteroatoms. The third-order valence-corrected chi connectivity index (χ3v) is 1.62. The highest BCUT2D eigenvalue weighted by Gasteiger charge is 2.12. The molecule has 0 spiro atoms. The van der Waals surface area contributed by atoms with Crippen LogP contribution in [0.4, 0.5) is 0 Å². The van der Waals surface area contributed by atoms with E-state index in [9.17, 15) is 0 Å². The number of hydrogen-bond acceptors (Lipinski definition) is 2. The molecule has 0 unspecified atom stereocenters. The van der Waals surface area contributed by atoms with Gasteiger partial charge >= 0.3 is 0 Å². The van der Waals surface area contributed by atoms with E-state index in [0.29, 0.717) is 6.61 Å². The van der Waals surface area contributed by atoms with Crippen molar-refractivity contribution in [3.8, 4) is 0 Å². The zero-order valence-electron chi connectivity index (χ0n) is 7.13. The standard InChI is InChI=1S/C7H17NO2/c1-4-5-8(2,3)6-7-10-9/h4-7H2,1-3H3/p+1. The minimum absolute atomic E-state index is 0.424. The van der Waals surface area contributed by atoms with Crippen molar-refractivity contribution < 1.29 is 14.6 Å². The molecule has 10 heavy (non-hydrogen) atoms. The van der Waals surface area contributed by atoms with Gasteiger partial charge in [-0.15, -0.1) is 0 Å². The van der Waals surface area contributed by atoms with Crippen molar-refractivity contribution in [1.82, 2.24) is 0 Å². The molecule has 0 aliphatic heterocycles. The summed E-state index contributed by atoms with van der Waals surface area (Å²) in [5, 5.41) is 8.09. The van der Waals surface area contributed by atoms with Gasteiger partial charge in [0, 0.05) is 0 Å². The number of quaternary nitrogens is 1. The SMILES string of the molecule is CCC[N+](C)(C)CCOO. The van der Waals surface area contributed by atoms with E-state index in [-0.39, 0.29) is 0 Å². The highest BCUT2D eigenvalue weighted by Crippen LogP contribution is 1.97. The van der Waals surface area contributed by atoms with Crippen molar-refractivity contribution in [2.75, 3.05) is 33.8 Å². The minimum Gasteiger partial charge on any atom is -0.326 e. The Bertz CT molecular complexity index is 83.7. The Balaban J connectivity index is 3.42. The molecule has 62 valence electrons.